The Balaban J connectivity index is 1.85. The van der Waals surface area contributed by atoms with E-state index in [1.165, 1.54) is 10.7 Å². The predicted molar refractivity (Wildman–Crippen MR) is 123 cm³/mol. The van der Waals surface area contributed by atoms with Crippen molar-refractivity contribution in [1.29, 1.82) is 0 Å². The first-order valence-electron chi connectivity index (χ1n) is 10.9. The molecule has 3 heterocycles. The van der Waals surface area contributed by atoms with Crippen molar-refractivity contribution in [1.82, 2.24) is 24.8 Å². The molecule has 1 N–H and O–H groups in total. The number of nitroso groups, excluding NO2 is 1. The third kappa shape index (κ3) is 4.57. The standard InChI is InChI=1S/C22H25N7O5/c1-3-34-21(31)15(13-22(2)8-10-33-11-9-22)20(26-32)29-18(23-14-30)12-19(25-29)28-17-7-5-4-6-16(17)24-27-28/h4-7,12,14H,3,8-11,13H2,1-2H3,(H,23,30)/b20-15+. The van der Waals surface area contributed by atoms with Crippen molar-refractivity contribution in [2.24, 2.45) is 10.6 Å². The third-order valence-electron chi connectivity index (χ3n) is 5.85. The summed E-state index contributed by atoms with van der Waals surface area (Å²) < 4.78 is 13.3. The van der Waals surface area contributed by atoms with Gasteiger partial charge in [-0.3, -0.25) is 4.79 Å². The highest BCUT2D eigenvalue weighted by molar-refractivity contribution is 5.95. The Morgan fingerprint density at radius 3 is 2.79 bits per heavy atom. The molecule has 1 saturated heterocycles. The van der Waals surface area contributed by atoms with Gasteiger partial charge in [0, 0.05) is 19.3 Å². The molecule has 0 atom stereocenters. The number of esters is 1. The van der Waals surface area contributed by atoms with Crippen molar-refractivity contribution in [2.75, 3.05) is 25.1 Å². The third-order valence-corrected chi connectivity index (χ3v) is 5.85. The van der Waals surface area contributed by atoms with Crippen molar-refractivity contribution >= 4 is 35.1 Å². The fourth-order valence-electron chi connectivity index (χ4n) is 3.98. The van der Waals surface area contributed by atoms with E-state index in [-0.39, 0.29) is 41.5 Å². The normalized spacial score (nSPS) is 16.1. The van der Waals surface area contributed by atoms with Crippen LogP contribution in [0.5, 0.6) is 0 Å². The molecule has 0 bridgehead atoms. The summed E-state index contributed by atoms with van der Waals surface area (Å²) in [7, 11) is 0. The summed E-state index contributed by atoms with van der Waals surface area (Å²) in [4.78, 5) is 36.4. The maximum Gasteiger partial charge on any atom is 0.337 e. The molecule has 0 radical (unpaired) electrons. The summed E-state index contributed by atoms with van der Waals surface area (Å²) in [6.07, 6.45) is 2.09. The SMILES string of the molecule is CCOC(=O)/C(CC1(C)CCOCC1)=C(\N=O)n1nc(-n2nnc3ccccc32)cc1NC=O. The number of ether oxygens (including phenoxy) is 2. The number of hydrogen-bond donors (Lipinski definition) is 1. The van der Waals surface area contributed by atoms with E-state index in [1.54, 1.807) is 13.0 Å². The molecule has 12 heteroatoms. The number of benzene rings is 1. The Hall–Kier alpha value is -3.93. The van der Waals surface area contributed by atoms with Gasteiger partial charge in [0.15, 0.2) is 5.82 Å². The maximum absolute atomic E-state index is 12.9. The molecular formula is C22H25N7O5. The maximum atomic E-state index is 12.9. The van der Waals surface area contributed by atoms with Crippen LogP contribution in [-0.4, -0.2) is 57.0 Å². The van der Waals surface area contributed by atoms with Gasteiger partial charge in [-0.15, -0.1) is 15.1 Å². The second-order valence-corrected chi connectivity index (χ2v) is 8.27. The predicted octanol–water partition coefficient (Wildman–Crippen LogP) is 2.89. The van der Waals surface area contributed by atoms with Gasteiger partial charge in [0.2, 0.25) is 12.2 Å². The number of fused-ring (bicyclic) bond motifs is 1. The number of aromatic nitrogens is 5. The van der Waals surface area contributed by atoms with Gasteiger partial charge in [0.1, 0.15) is 11.3 Å². The van der Waals surface area contributed by atoms with Crippen molar-refractivity contribution < 1.29 is 19.1 Å². The zero-order valence-electron chi connectivity index (χ0n) is 18.9. The second-order valence-electron chi connectivity index (χ2n) is 8.27. The van der Waals surface area contributed by atoms with Crippen LogP contribution in [0.3, 0.4) is 0 Å². The van der Waals surface area contributed by atoms with E-state index in [9.17, 15) is 14.5 Å². The van der Waals surface area contributed by atoms with Crippen LogP contribution in [-0.2, 0) is 19.1 Å². The molecule has 0 aliphatic carbocycles. The fourth-order valence-corrected chi connectivity index (χ4v) is 3.98. The van der Waals surface area contributed by atoms with E-state index in [0.717, 1.165) is 4.68 Å². The van der Waals surface area contributed by atoms with Crippen LogP contribution < -0.4 is 5.32 Å². The molecular weight excluding hydrogens is 442 g/mol. The van der Waals surface area contributed by atoms with Gasteiger partial charge in [0.25, 0.3) is 0 Å². The first kappa shape index (κ1) is 23.2. The van der Waals surface area contributed by atoms with Crippen molar-refractivity contribution in [3.63, 3.8) is 0 Å². The lowest BCUT2D eigenvalue weighted by molar-refractivity contribution is -0.139. The van der Waals surface area contributed by atoms with E-state index in [1.807, 2.05) is 25.1 Å². The van der Waals surface area contributed by atoms with Crippen molar-refractivity contribution in [3.8, 4) is 5.82 Å². The average molecular weight is 467 g/mol. The van der Waals surface area contributed by atoms with Crippen LogP contribution in [0, 0.1) is 10.3 Å². The molecule has 1 aliphatic heterocycles. The smallest absolute Gasteiger partial charge is 0.337 e. The number of carbonyl (C=O) groups is 2. The Morgan fingerprint density at radius 2 is 2.09 bits per heavy atom. The second kappa shape index (κ2) is 9.91. The number of anilines is 1. The lowest BCUT2D eigenvalue weighted by atomic mass is 9.77. The van der Waals surface area contributed by atoms with Gasteiger partial charge >= 0.3 is 5.97 Å². The van der Waals surface area contributed by atoms with Crippen LogP contribution in [0.1, 0.15) is 33.1 Å². The minimum atomic E-state index is -0.662. The summed E-state index contributed by atoms with van der Waals surface area (Å²) >= 11 is 0. The zero-order valence-corrected chi connectivity index (χ0v) is 18.9. The molecule has 0 saturated carbocycles. The zero-order chi connectivity index (χ0) is 24.1. The minimum absolute atomic E-state index is 0.0771. The Morgan fingerprint density at radius 1 is 1.32 bits per heavy atom. The highest BCUT2D eigenvalue weighted by Gasteiger charge is 2.34. The molecule has 12 nitrogen and oxygen atoms in total. The van der Waals surface area contributed by atoms with Crippen LogP contribution in [0.15, 0.2) is 41.1 Å². The molecule has 178 valence electrons. The fraction of sp³-hybridized carbons (Fsp3) is 0.409. The highest BCUT2D eigenvalue weighted by Crippen LogP contribution is 2.38. The topological polar surface area (TPSA) is 143 Å². The highest BCUT2D eigenvalue weighted by atomic mass is 16.5. The van der Waals surface area contributed by atoms with E-state index in [0.29, 0.717) is 43.5 Å². The lowest BCUT2D eigenvalue weighted by Gasteiger charge is -2.34. The molecule has 4 rings (SSSR count). The lowest BCUT2D eigenvalue weighted by Crippen LogP contribution is -2.29. The summed E-state index contributed by atoms with van der Waals surface area (Å²) in [5.74, 6) is -0.505. The molecule has 1 fully saturated rings. The number of nitrogens with zero attached hydrogens (tertiary/aromatic N) is 6. The molecule has 1 aliphatic rings. The van der Waals surface area contributed by atoms with E-state index in [4.69, 9.17) is 9.47 Å². The average Bonchev–Trinajstić information content (AvgIpc) is 3.44. The summed E-state index contributed by atoms with van der Waals surface area (Å²) in [6.45, 7) is 4.95. The van der Waals surface area contributed by atoms with Crippen molar-refractivity contribution in [3.05, 3.63) is 40.8 Å². The number of para-hydroxylation sites is 1. The molecule has 2 aromatic heterocycles. The van der Waals surface area contributed by atoms with E-state index < -0.39 is 5.97 Å². The summed E-state index contributed by atoms with van der Waals surface area (Å²) in [5, 5.41) is 18.3. The van der Waals surface area contributed by atoms with Crippen LogP contribution in [0.2, 0.25) is 0 Å². The summed E-state index contributed by atoms with van der Waals surface area (Å²) in [5.41, 5.74) is 1.10. The molecule has 1 amide bonds. The number of amides is 1. The van der Waals surface area contributed by atoms with Crippen LogP contribution >= 0.6 is 0 Å². The Kier molecular flexibility index (Phi) is 6.77. The van der Waals surface area contributed by atoms with E-state index in [2.05, 4.69) is 25.9 Å². The molecule has 3 aromatic rings. The van der Waals surface area contributed by atoms with Gasteiger partial charge in [-0.05, 0) is 48.9 Å². The molecule has 1 aromatic carbocycles. The molecule has 34 heavy (non-hydrogen) atoms. The monoisotopic (exact) mass is 467 g/mol. The first-order valence-corrected chi connectivity index (χ1v) is 10.9. The van der Waals surface area contributed by atoms with Gasteiger partial charge in [0.05, 0.1) is 17.7 Å². The van der Waals surface area contributed by atoms with Crippen LogP contribution in [0.4, 0.5) is 5.82 Å². The number of carbonyl (C=O) groups excluding carboxylic acids is 2. The van der Waals surface area contributed by atoms with E-state index >= 15 is 0 Å². The Bertz CT molecular complexity index is 1240. The summed E-state index contributed by atoms with van der Waals surface area (Å²) in [6, 6.07) is 8.78. The molecule has 0 unspecified atom stereocenters. The quantitative estimate of drug-likeness (QED) is 0.219. The number of nitrogens with one attached hydrogen (secondary N) is 1. The van der Waals surface area contributed by atoms with Crippen molar-refractivity contribution in [2.45, 2.75) is 33.1 Å². The van der Waals surface area contributed by atoms with Crippen LogP contribution in [0.25, 0.3) is 22.7 Å². The van der Waals surface area contributed by atoms with Gasteiger partial charge in [-0.1, -0.05) is 24.3 Å². The minimum Gasteiger partial charge on any atom is -0.463 e. The van der Waals surface area contributed by atoms with Gasteiger partial charge < -0.3 is 14.8 Å². The molecule has 0 spiro atoms. The first-order chi connectivity index (χ1) is 16.5. The van der Waals surface area contributed by atoms with Gasteiger partial charge in [-0.25, -0.2) is 4.79 Å². The number of rotatable bonds is 9. The number of hydrogen-bond acceptors (Lipinski definition) is 9. The largest absolute Gasteiger partial charge is 0.463 e. The Labute approximate surface area is 194 Å². The van der Waals surface area contributed by atoms with Gasteiger partial charge in [-0.2, -0.15) is 9.36 Å².